The van der Waals surface area contributed by atoms with Gasteiger partial charge in [-0.25, -0.2) is 9.97 Å². The Morgan fingerprint density at radius 2 is 1.27 bits per heavy atom. The molecule has 0 fully saturated rings. The van der Waals surface area contributed by atoms with Crippen molar-refractivity contribution in [3.63, 3.8) is 0 Å². The molecule has 10 rings (SSSR count). The Balaban J connectivity index is 1.19. The fourth-order valence-corrected chi connectivity index (χ4v) is 7.83. The lowest BCUT2D eigenvalue weighted by Crippen LogP contribution is -1.99. The standard InChI is InChI=1S/C48H34N2O/c1-3-13-34(14-4-1)43-30-44(35-15-5-2-6-16-35)50-48(49-43)41-27-26-40(47-46(41)42-28-36-17-7-8-18-37(36)29-45(42)51-47)33-24-22-32(23-25-33)39-21-11-19-31-12-9-10-20-38(31)39/h1,3-5,7-9,11-19,21-30H,2,6,10,20H2. The van der Waals surface area contributed by atoms with Gasteiger partial charge in [0.1, 0.15) is 11.2 Å². The molecule has 0 radical (unpaired) electrons. The van der Waals surface area contributed by atoms with E-state index in [-0.39, 0.29) is 0 Å². The second-order valence-corrected chi connectivity index (χ2v) is 13.5. The summed E-state index contributed by atoms with van der Waals surface area (Å²) in [4.78, 5) is 10.5. The van der Waals surface area contributed by atoms with Crippen molar-refractivity contribution in [2.75, 3.05) is 0 Å². The molecular weight excluding hydrogens is 621 g/mol. The molecule has 0 saturated heterocycles. The molecule has 2 aliphatic rings. The van der Waals surface area contributed by atoms with E-state index in [1.807, 2.05) is 6.07 Å². The van der Waals surface area contributed by atoms with Gasteiger partial charge in [-0.1, -0.05) is 127 Å². The maximum absolute atomic E-state index is 6.87. The first kappa shape index (κ1) is 29.6. The van der Waals surface area contributed by atoms with Gasteiger partial charge in [0.15, 0.2) is 5.82 Å². The highest BCUT2D eigenvalue weighted by Gasteiger charge is 2.21. The monoisotopic (exact) mass is 654 g/mol. The molecule has 0 atom stereocenters. The topological polar surface area (TPSA) is 38.9 Å². The Morgan fingerprint density at radius 1 is 0.529 bits per heavy atom. The molecule has 0 spiro atoms. The molecule has 242 valence electrons. The number of fused-ring (bicyclic) bond motifs is 5. The van der Waals surface area contributed by atoms with Crippen LogP contribution in [-0.4, -0.2) is 9.97 Å². The summed E-state index contributed by atoms with van der Waals surface area (Å²) in [5, 5.41) is 4.42. The van der Waals surface area contributed by atoms with Crippen molar-refractivity contribution in [1.82, 2.24) is 9.97 Å². The number of hydrogen-bond donors (Lipinski definition) is 0. The van der Waals surface area contributed by atoms with Crippen LogP contribution in [0.4, 0.5) is 0 Å². The zero-order chi connectivity index (χ0) is 33.7. The highest BCUT2D eigenvalue weighted by atomic mass is 16.3. The molecule has 51 heavy (non-hydrogen) atoms. The number of nitrogens with zero attached hydrogens (tertiary/aromatic N) is 2. The normalized spacial score (nSPS) is 13.9. The van der Waals surface area contributed by atoms with Crippen LogP contribution in [0.2, 0.25) is 0 Å². The van der Waals surface area contributed by atoms with Gasteiger partial charge >= 0.3 is 0 Å². The van der Waals surface area contributed by atoms with Crippen LogP contribution in [0.15, 0.2) is 156 Å². The van der Waals surface area contributed by atoms with Crippen molar-refractivity contribution in [1.29, 1.82) is 0 Å². The summed E-state index contributed by atoms with van der Waals surface area (Å²) in [5.74, 6) is 0.692. The first-order valence-corrected chi connectivity index (χ1v) is 17.9. The SMILES string of the molecule is C1=CC(c2cc(-c3ccccc3)nc(-c3ccc(-c4ccc(-c5cccc6c5CCC=C6)cc4)c4oc5cc6ccccc6cc5c34)n2)=CCC1. The van der Waals surface area contributed by atoms with Crippen LogP contribution in [0.25, 0.3) is 89.3 Å². The van der Waals surface area contributed by atoms with E-state index >= 15 is 0 Å². The van der Waals surface area contributed by atoms with Gasteiger partial charge in [0.2, 0.25) is 0 Å². The third-order valence-corrected chi connectivity index (χ3v) is 10.4. The van der Waals surface area contributed by atoms with Crippen LogP contribution in [0.3, 0.4) is 0 Å². The summed E-state index contributed by atoms with van der Waals surface area (Å²) in [5.41, 5.74) is 14.2. The number of aromatic nitrogens is 2. The van der Waals surface area contributed by atoms with Gasteiger partial charge < -0.3 is 4.42 Å². The van der Waals surface area contributed by atoms with Crippen molar-refractivity contribution in [3.05, 3.63) is 169 Å². The Bertz CT molecular complexity index is 2730. The van der Waals surface area contributed by atoms with Gasteiger partial charge in [0, 0.05) is 27.5 Å². The molecule has 0 unspecified atom stereocenters. The second kappa shape index (κ2) is 12.2. The van der Waals surface area contributed by atoms with E-state index in [9.17, 15) is 0 Å². The summed E-state index contributed by atoms with van der Waals surface area (Å²) in [7, 11) is 0. The highest BCUT2D eigenvalue weighted by molar-refractivity contribution is 6.18. The van der Waals surface area contributed by atoms with Crippen molar-refractivity contribution in [2.45, 2.75) is 25.7 Å². The van der Waals surface area contributed by atoms with Crippen LogP contribution in [0, 0.1) is 0 Å². The summed E-state index contributed by atoms with van der Waals surface area (Å²) < 4.78 is 6.87. The molecule has 0 amide bonds. The maximum Gasteiger partial charge on any atom is 0.161 e. The minimum absolute atomic E-state index is 0.692. The van der Waals surface area contributed by atoms with E-state index < -0.39 is 0 Å². The van der Waals surface area contributed by atoms with E-state index in [1.54, 1.807) is 0 Å². The number of hydrogen-bond acceptors (Lipinski definition) is 3. The number of allylic oxidation sites excluding steroid dienone is 5. The Hall–Kier alpha value is -6.32. The first-order valence-electron chi connectivity index (χ1n) is 17.9. The Morgan fingerprint density at radius 3 is 2.10 bits per heavy atom. The minimum atomic E-state index is 0.692. The lowest BCUT2D eigenvalue weighted by molar-refractivity contribution is 0.670. The molecule has 2 aliphatic carbocycles. The van der Waals surface area contributed by atoms with E-state index in [1.165, 1.54) is 27.6 Å². The largest absolute Gasteiger partial charge is 0.455 e. The van der Waals surface area contributed by atoms with Gasteiger partial charge in [-0.05, 0) is 100 Å². The highest BCUT2D eigenvalue weighted by Crippen LogP contribution is 2.43. The molecule has 0 bridgehead atoms. The molecular formula is C48H34N2O. The molecule has 3 nitrogen and oxygen atoms in total. The van der Waals surface area contributed by atoms with Gasteiger partial charge in [-0.3, -0.25) is 0 Å². The van der Waals surface area contributed by atoms with Crippen molar-refractivity contribution in [2.24, 2.45) is 0 Å². The molecule has 0 saturated carbocycles. The fourth-order valence-electron chi connectivity index (χ4n) is 7.83. The molecule has 2 heterocycles. The van der Waals surface area contributed by atoms with E-state index in [0.29, 0.717) is 5.82 Å². The lowest BCUT2D eigenvalue weighted by atomic mass is 9.89. The van der Waals surface area contributed by atoms with E-state index in [0.717, 1.165) is 92.2 Å². The summed E-state index contributed by atoms with van der Waals surface area (Å²) in [6.45, 7) is 0. The summed E-state index contributed by atoms with van der Waals surface area (Å²) in [6.07, 6.45) is 15.4. The Kier molecular flexibility index (Phi) is 7.09. The van der Waals surface area contributed by atoms with Crippen LogP contribution < -0.4 is 0 Å². The van der Waals surface area contributed by atoms with Crippen molar-refractivity contribution >= 4 is 44.4 Å². The number of rotatable bonds is 5. The average molecular weight is 655 g/mol. The molecule has 2 aromatic heterocycles. The van der Waals surface area contributed by atoms with E-state index in [4.69, 9.17) is 14.4 Å². The number of furan rings is 1. The van der Waals surface area contributed by atoms with Crippen LogP contribution in [0.1, 0.15) is 36.1 Å². The molecule has 6 aromatic carbocycles. The van der Waals surface area contributed by atoms with Crippen LogP contribution in [0.5, 0.6) is 0 Å². The summed E-state index contributed by atoms with van der Waals surface area (Å²) >= 11 is 0. The predicted molar refractivity (Wildman–Crippen MR) is 212 cm³/mol. The molecule has 3 heteroatoms. The first-order chi connectivity index (χ1) is 25.3. The zero-order valence-corrected chi connectivity index (χ0v) is 28.1. The quantitative estimate of drug-likeness (QED) is 0.185. The smallest absolute Gasteiger partial charge is 0.161 e. The lowest BCUT2D eigenvalue weighted by Gasteiger charge is -2.16. The molecule has 8 aromatic rings. The average Bonchev–Trinajstić information content (AvgIpc) is 3.58. The van der Waals surface area contributed by atoms with Crippen LogP contribution >= 0.6 is 0 Å². The van der Waals surface area contributed by atoms with Crippen LogP contribution in [-0.2, 0) is 6.42 Å². The van der Waals surface area contributed by atoms with Crippen molar-refractivity contribution < 1.29 is 4.42 Å². The molecule has 0 N–H and O–H groups in total. The third-order valence-electron chi connectivity index (χ3n) is 10.4. The Labute approximate surface area is 297 Å². The van der Waals surface area contributed by atoms with Gasteiger partial charge in [0.25, 0.3) is 0 Å². The van der Waals surface area contributed by atoms with E-state index in [2.05, 4.69) is 152 Å². The van der Waals surface area contributed by atoms with Gasteiger partial charge in [-0.15, -0.1) is 0 Å². The minimum Gasteiger partial charge on any atom is -0.455 e. The van der Waals surface area contributed by atoms with Gasteiger partial charge in [0.05, 0.1) is 11.4 Å². The summed E-state index contributed by atoms with van der Waals surface area (Å²) in [6, 6.07) is 45.4. The predicted octanol–water partition coefficient (Wildman–Crippen LogP) is 12.9. The third kappa shape index (κ3) is 5.21. The molecule has 0 aliphatic heterocycles. The number of benzene rings is 6. The maximum atomic E-state index is 6.87. The second-order valence-electron chi connectivity index (χ2n) is 13.5. The fraction of sp³-hybridized carbons (Fsp3) is 0.0833. The van der Waals surface area contributed by atoms with Crippen molar-refractivity contribution in [3.8, 4) is 44.9 Å². The zero-order valence-electron chi connectivity index (χ0n) is 28.1. The van der Waals surface area contributed by atoms with Gasteiger partial charge in [-0.2, -0.15) is 0 Å².